The van der Waals surface area contributed by atoms with Crippen LogP contribution in [0.4, 0.5) is 0 Å². The maximum absolute atomic E-state index is 4.67. The summed E-state index contributed by atoms with van der Waals surface area (Å²) in [6.07, 6.45) is 7.44. The molecule has 0 aromatic carbocycles. The SMILES string of the molecule is C=CC/C=C\OC=C. The summed E-state index contributed by atoms with van der Waals surface area (Å²) in [5.74, 6) is 0. The van der Waals surface area contributed by atoms with Gasteiger partial charge in [0.1, 0.15) is 0 Å². The Bertz CT molecular complexity index is 80.6. The Hall–Kier alpha value is -0.980. The Morgan fingerprint density at radius 3 is 2.62 bits per heavy atom. The topological polar surface area (TPSA) is 9.23 Å². The second-order valence-electron chi connectivity index (χ2n) is 1.20. The summed E-state index contributed by atoms with van der Waals surface area (Å²) in [5, 5.41) is 0. The van der Waals surface area contributed by atoms with Gasteiger partial charge in [0.2, 0.25) is 0 Å². The van der Waals surface area contributed by atoms with Crippen LogP contribution < -0.4 is 0 Å². The Balaban J connectivity index is 3.06. The zero-order valence-corrected chi connectivity index (χ0v) is 4.84. The van der Waals surface area contributed by atoms with Crippen LogP contribution in [0.15, 0.2) is 37.8 Å². The van der Waals surface area contributed by atoms with E-state index >= 15 is 0 Å². The van der Waals surface area contributed by atoms with Crippen molar-refractivity contribution >= 4 is 0 Å². The van der Waals surface area contributed by atoms with Crippen molar-refractivity contribution < 1.29 is 4.74 Å². The third kappa shape index (κ3) is 5.02. The molecule has 0 spiro atoms. The molecule has 0 fully saturated rings. The molecule has 0 heterocycles. The average molecular weight is 110 g/mol. The van der Waals surface area contributed by atoms with Crippen molar-refractivity contribution in [3.05, 3.63) is 37.8 Å². The van der Waals surface area contributed by atoms with E-state index in [0.717, 1.165) is 6.42 Å². The van der Waals surface area contributed by atoms with E-state index in [0.29, 0.717) is 0 Å². The van der Waals surface area contributed by atoms with Crippen molar-refractivity contribution in [3.63, 3.8) is 0 Å². The van der Waals surface area contributed by atoms with Gasteiger partial charge in [0, 0.05) is 0 Å². The number of ether oxygens (including phenoxy) is 1. The average Bonchev–Trinajstić information content (AvgIpc) is 1.81. The Labute approximate surface area is 50.0 Å². The van der Waals surface area contributed by atoms with Gasteiger partial charge >= 0.3 is 0 Å². The first-order valence-electron chi connectivity index (χ1n) is 2.44. The summed E-state index contributed by atoms with van der Waals surface area (Å²) in [4.78, 5) is 0. The molecule has 0 aromatic heterocycles. The molecule has 0 aliphatic rings. The summed E-state index contributed by atoms with van der Waals surface area (Å²) in [6, 6.07) is 0. The maximum Gasteiger partial charge on any atom is 0.0864 e. The van der Waals surface area contributed by atoms with Gasteiger partial charge in [0.05, 0.1) is 12.5 Å². The monoisotopic (exact) mass is 110 g/mol. The summed E-state index contributed by atoms with van der Waals surface area (Å²) in [6.45, 7) is 6.88. The molecule has 44 valence electrons. The van der Waals surface area contributed by atoms with Crippen molar-refractivity contribution in [3.8, 4) is 0 Å². The van der Waals surface area contributed by atoms with Crippen LogP contribution in [0, 0.1) is 0 Å². The van der Waals surface area contributed by atoms with Gasteiger partial charge in [-0.15, -0.1) is 6.58 Å². The third-order valence-corrected chi connectivity index (χ3v) is 0.574. The van der Waals surface area contributed by atoms with E-state index in [-0.39, 0.29) is 0 Å². The Kier molecular flexibility index (Phi) is 5.28. The first kappa shape index (κ1) is 7.02. The van der Waals surface area contributed by atoms with Gasteiger partial charge in [0.25, 0.3) is 0 Å². The minimum atomic E-state index is 0.841. The zero-order valence-electron chi connectivity index (χ0n) is 4.84. The molecule has 0 aromatic rings. The summed E-state index contributed by atoms with van der Waals surface area (Å²) in [5.41, 5.74) is 0. The lowest BCUT2D eigenvalue weighted by Gasteiger charge is -1.83. The molecule has 0 radical (unpaired) electrons. The van der Waals surface area contributed by atoms with Gasteiger partial charge in [-0.2, -0.15) is 0 Å². The van der Waals surface area contributed by atoms with E-state index in [1.165, 1.54) is 6.26 Å². The molecule has 0 atom stereocenters. The summed E-state index contributed by atoms with van der Waals surface area (Å²) >= 11 is 0. The Morgan fingerprint density at radius 1 is 1.38 bits per heavy atom. The lowest BCUT2D eigenvalue weighted by molar-refractivity contribution is 0.403. The number of hydrogen-bond acceptors (Lipinski definition) is 1. The highest BCUT2D eigenvalue weighted by atomic mass is 16.5. The van der Waals surface area contributed by atoms with Crippen LogP contribution in [0.25, 0.3) is 0 Å². The van der Waals surface area contributed by atoms with Gasteiger partial charge in [0.15, 0.2) is 0 Å². The number of allylic oxidation sites excluding steroid dienone is 2. The molecule has 0 rings (SSSR count). The third-order valence-electron chi connectivity index (χ3n) is 0.574. The highest BCUT2D eigenvalue weighted by Crippen LogP contribution is 1.83. The van der Waals surface area contributed by atoms with Gasteiger partial charge in [-0.25, -0.2) is 0 Å². The van der Waals surface area contributed by atoms with Crippen molar-refractivity contribution in [1.82, 2.24) is 0 Å². The molecule has 1 heteroatoms. The lowest BCUT2D eigenvalue weighted by atomic mass is 10.4. The van der Waals surface area contributed by atoms with E-state index in [4.69, 9.17) is 0 Å². The van der Waals surface area contributed by atoms with Crippen molar-refractivity contribution in [1.29, 1.82) is 0 Å². The predicted molar refractivity (Wildman–Crippen MR) is 35.2 cm³/mol. The summed E-state index contributed by atoms with van der Waals surface area (Å²) < 4.78 is 4.67. The van der Waals surface area contributed by atoms with Gasteiger partial charge in [-0.05, 0) is 12.5 Å². The first-order chi connectivity index (χ1) is 3.91. The minimum absolute atomic E-state index is 0.841. The van der Waals surface area contributed by atoms with Crippen molar-refractivity contribution in [2.45, 2.75) is 6.42 Å². The molecule has 0 aliphatic heterocycles. The minimum Gasteiger partial charge on any atom is -0.474 e. The molecule has 0 saturated carbocycles. The molecule has 0 bridgehead atoms. The van der Waals surface area contributed by atoms with Crippen LogP contribution in [-0.2, 0) is 4.74 Å². The lowest BCUT2D eigenvalue weighted by Crippen LogP contribution is -1.61. The fourth-order valence-electron chi connectivity index (χ4n) is 0.263. The maximum atomic E-state index is 4.67. The van der Waals surface area contributed by atoms with Crippen LogP contribution in [0.3, 0.4) is 0 Å². The smallest absolute Gasteiger partial charge is 0.0864 e. The van der Waals surface area contributed by atoms with Gasteiger partial charge in [-0.1, -0.05) is 12.7 Å². The highest BCUT2D eigenvalue weighted by molar-refractivity contribution is 4.84. The van der Waals surface area contributed by atoms with Gasteiger partial charge in [-0.3, -0.25) is 0 Å². The molecule has 0 amide bonds. The second-order valence-corrected chi connectivity index (χ2v) is 1.20. The quantitative estimate of drug-likeness (QED) is 0.398. The van der Waals surface area contributed by atoms with Gasteiger partial charge < -0.3 is 4.74 Å². The fourth-order valence-corrected chi connectivity index (χ4v) is 0.263. The van der Waals surface area contributed by atoms with Crippen molar-refractivity contribution in [2.24, 2.45) is 0 Å². The van der Waals surface area contributed by atoms with E-state index < -0.39 is 0 Å². The van der Waals surface area contributed by atoms with Crippen LogP contribution >= 0.6 is 0 Å². The largest absolute Gasteiger partial charge is 0.474 e. The molecule has 0 aliphatic carbocycles. The normalized spacial score (nSPS) is 9.00. The highest BCUT2D eigenvalue weighted by Gasteiger charge is 1.64. The zero-order chi connectivity index (χ0) is 6.24. The van der Waals surface area contributed by atoms with E-state index in [1.54, 1.807) is 12.3 Å². The van der Waals surface area contributed by atoms with E-state index in [1.807, 2.05) is 6.08 Å². The summed E-state index contributed by atoms with van der Waals surface area (Å²) in [7, 11) is 0. The van der Waals surface area contributed by atoms with Crippen LogP contribution in [-0.4, -0.2) is 0 Å². The number of rotatable bonds is 4. The van der Waals surface area contributed by atoms with E-state index in [2.05, 4.69) is 17.9 Å². The molecule has 8 heavy (non-hydrogen) atoms. The molecular formula is C7H10O. The molecule has 1 nitrogen and oxygen atoms in total. The number of hydrogen-bond donors (Lipinski definition) is 0. The molecular weight excluding hydrogens is 100 g/mol. The fraction of sp³-hybridized carbons (Fsp3) is 0.143. The van der Waals surface area contributed by atoms with Crippen LogP contribution in [0.2, 0.25) is 0 Å². The standard InChI is InChI=1S/C7H10O/c1-3-5-6-7-8-4-2/h3-4,6-7H,1-2,5H2/b7-6-. The van der Waals surface area contributed by atoms with E-state index in [9.17, 15) is 0 Å². The second kappa shape index (κ2) is 6.02. The Morgan fingerprint density at radius 2 is 2.12 bits per heavy atom. The van der Waals surface area contributed by atoms with Crippen molar-refractivity contribution in [2.75, 3.05) is 0 Å². The van der Waals surface area contributed by atoms with Crippen LogP contribution in [0.1, 0.15) is 6.42 Å². The molecule has 0 saturated heterocycles. The predicted octanol–water partition coefficient (Wildman–Crippen LogP) is 2.24. The van der Waals surface area contributed by atoms with Crippen LogP contribution in [0.5, 0.6) is 0 Å². The molecule has 0 N–H and O–H groups in total. The molecule has 0 unspecified atom stereocenters. The first-order valence-corrected chi connectivity index (χ1v) is 2.44.